The number of para-hydroxylation sites is 1. The van der Waals surface area contributed by atoms with E-state index in [0.717, 1.165) is 16.3 Å². The SMILES string of the molecule is CSc1ccccc1NC(=O)C(C)SCc1ccco1. The summed E-state index contributed by atoms with van der Waals surface area (Å²) in [5.41, 5.74) is 0.871. The van der Waals surface area contributed by atoms with Crippen LogP contribution in [0, 0.1) is 0 Å². The highest BCUT2D eigenvalue weighted by Crippen LogP contribution is 2.26. The van der Waals surface area contributed by atoms with Crippen LogP contribution in [-0.4, -0.2) is 17.4 Å². The number of furan rings is 1. The van der Waals surface area contributed by atoms with E-state index < -0.39 is 0 Å². The lowest BCUT2D eigenvalue weighted by molar-refractivity contribution is -0.115. The number of hydrogen-bond donors (Lipinski definition) is 1. The molecule has 20 heavy (non-hydrogen) atoms. The summed E-state index contributed by atoms with van der Waals surface area (Å²) in [6.07, 6.45) is 3.65. The fourth-order valence-electron chi connectivity index (χ4n) is 1.66. The van der Waals surface area contributed by atoms with Crippen LogP contribution in [0.25, 0.3) is 0 Å². The summed E-state index contributed by atoms with van der Waals surface area (Å²) >= 11 is 3.19. The average molecular weight is 307 g/mol. The molecule has 1 N–H and O–H groups in total. The number of carbonyl (C=O) groups excluding carboxylic acids is 1. The van der Waals surface area contributed by atoms with Crippen LogP contribution in [0.4, 0.5) is 5.69 Å². The van der Waals surface area contributed by atoms with E-state index in [1.807, 2.05) is 49.6 Å². The maximum absolute atomic E-state index is 12.2. The molecule has 1 heterocycles. The summed E-state index contributed by atoms with van der Waals surface area (Å²) in [5.74, 6) is 1.60. The highest BCUT2D eigenvalue weighted by molar-refractivity contribution is 7.99. The smallest absolute Gasteiger partial charge is 0.237 e. The number of nitrogens with one attached hydrogen (secondary N) is 1. The summed E-state index contributed by atoms with van der Waals surface area (Å²) in [6, 6.07) is 11.6. The van der Waals surface area contributed by atoms with E-state index in [1.165, 1.54) is 0 Å². The summed E-state index contributed by atoms with van der Waals surface area (Å²) in [5, 5.41) is 2.85. The molecule has 0 bridgehead atoms. The molecule has 0 spiro atoms. The Morgan fingerprint density at radius 3 is 2.80 bits per heavy atom. The van der Waals surface area contributed by atoms with E-state index in [1.54, 1.807) is 29.8 Å². The van der Waals surface area contributed by atoms with Crippen LogP contribution in [0.3, 0.4) is 0 Å². The van der Waals surface area contributed by atoms with E-state index >= 15 is 0 Å². The lowest BCUT2D eigenvalue weighted by Gasteiger charge is -2.13. The third kappa shape index (κ3) is 4.08. The number of rotatable bonds is 6. The first-order chi connectivity index (χ1) is 9.70. The van der Waals surface area contributed by atoms with Gasteiger partial charge in [0.1, 0.15) is 5.76 Å². The van der Waals surface area contributed by atoms with Crippen molar-refractivity contribution < 1.29 is 9.21 Å². The van der Waals surface area contributed by atoms with Gasteiger partial charge >= 0.3 is 0 Å². The van der Waals surface area contributed by atoms with Gasteiger partial charge in [0.05, 0.1) is 23.0 Å². The van der Waals surface area contributed by atoms with E-state index in [-0.39, 0.29) is 11.2 Å². The van der Waals surface area contributed by atoms with Crippen molar-refractivity contribution in [3.63, 3.8) is 0 Å². The largest absolute Gasteiger partial charge is 0.468 e. The normalized spacial score (nSPS) is 12.1. The molecule has 2 aromatic rings. The van der Waals surface area contributed by atoms with Crippen molar-refractivity contribution in [2.24, 2.45) is 0 Å². The highest BCUT2D eigenvalue weighted by Gasteiger charge is 2.15. The molecule has 0 aliphatic carbocycles. The highest BCUT2D eigenvalue weighted by atomic mass is 32.2. The van der Waals surface area contributed by atoms with Crippen molar-refractivity contribution >= 4 is 35.1 Å². The molecule has 0 saturated carbocycles. The molecule has 0 aliphatic heterocycles. The Balaban J connectivity index is 1.90. The lowest BCUT2D eigenvalue weighted by Crippen LogP contribution is -2.22. The number of carbonyl (C=O) groups is 1. The zero-order chi connectivity index (χ0) is 14.4. The Hall–Kier alpha value is -1.33. The van der Waals surface area contributed by atoms with E-state index in [9.17, 15) is 4.79 Å². The predicted octanol–water partition coefficient (Wildman–Crippen LogP) is 4.26. The van der Waals surface area contributed by atoms with Crippen molar-refractivity contribution in [3.05, 3.63) is 48.4 Å². The fourth-order valence-corrected chi connectivity index (χ4v) is 3.00. The summed E-state index contributed by atoms with van der Waals surface area (Å²) in [6.45, 7) is 1.91. The maximum atomic E-state index is 12.2. The Labute approximate surface area is 127 Å². The molecule has 5 heteroatoms. The van der Waals surface area contributed by atoms with Gasteiger partial charge in [-0.15, -0.1) is 23.5 Å². The van der Waals surface area contributed by atoms with Crippen molar-refractivity contribution in [1.29, 1.82) is 0 Å². The molecular weight excluding hydrogens is 290 g/mol. The molecule has 0 radical (unpaired) electrons. The van der Waals surface area contributed by atoms with Crippen molar-refractivity contribution in [2.45, 2.75) is 22.8 Å². The van der Waals surface area contributed by atoms with E-state index in [0.29, 0.717) is 5.75 Å². The summed E-state index contributed by atoms with van der Waals surface area (Å²) < 4.78 is 5.26. The third-order valence-corrected chi connectivity index (χ3v) is 4.75. The molecule has 1 unspecified atom stereocenters. The topological polar surface area (TPSA) is 42.2 Å². The van der Waals surface area contributed by atoms with Gasteiger partial charge in [-0.2, -0.15) is 0 Å². The minimum atomic E-state index is -0.130. The average Bonchev–Trinajstić information content (AvgIpc) is 2.98. The Morgan fingerprint density at radius 1 is 1.30 bits per heavy atom. The fraction of sp³-hybridized carbons (Fsp3) is 0.267. The molecule has 1 aromatic carbocycles. The maximum Gasteiger partial charge on any atom is 0.237 e. The van der Waals surface area contributed by atoms with Crippen LogP contribution in [0.5, 0.6) is 0 Å². The number of amides is 1. The minimum Gasteiger partial charge on any atom is -0.468 e. The van der Waals surface area contributed by atoms with Crippen LogP contribution < -0.4 is 5.32 Å². The zero-order valence-corrected chi connectivity index (χ0v) is 13.1. The van der Waals surface area contributed by atoms with Crippen LogP contribution in [0.2, 0.25) is 0 Å². The molecule has 1 amide bonds. The molecule has 1 aromatic heterocycles. The van der Waals surface area contributed by atoms with Gasteiger partial charge in [-0.1, -0.05) is 12.1 Å². The van der Waals surface area contributed by atoms with Gasteiger partial charge in [-0.25, -0.2) is 0 Å². The van der Waals surface area contributed by atoms with Crippen molar-refractivity contribution in [1.82, 2.24) is 0 Å². The van der Waals surface area contributed by atoms with Crippen molar-refractivity contribution in [2.75, 3.05) is 11.6 Å². The number of hydrogen-bond acceptors (Lipinski definition) is 4. The minimum absolute atomic E-state index is 0.0167. The molecule has 1 atom stereocenters. The molecule has 0 aliphatic rings. The van der Waals surface area contributed by atoms with Gasteiger partial charge in [0.15, 0.2) is 0 Å². The second kappa shape index (κ2) is 7.45. The molecule has 106 valence electrons. The molecule has 0 saturated heterocycles. The Morgan fingerprint density at radius 2 is 2.10 bits per heavy atom. The van der Waals surface area contributed by atoms with E-state index in [2.05, 4.69) is 5.32 Å². The quantitative estimate of drug-likeness (QED) is 0.810. The van der Waals surface area contributed by atoms with Gasteiger partial charge in [-0.05, 0) is 37.4 Å². The second-order valence-electron chi connectivity index (χ2n) is 4.22. The van der Waals surface area contributed by atoms with Gasteiger partial charge in [0.2, 0.25) is 5.91 Å². The van der Waals surface area contributed by atoms with E-state index in [4.69, 9.17) is 4.42 Å². The standard InChI is InChI=1S/C15H17NO2S2/c1-11(20-10-12-6-5-9-18-12)15(17)16-13-7-3-4-8-14(13)19-2/h3-9,11H,10H2,1-2H3,(H,16,17). The lowest BCUT2D eigenvalue weighted by atomic mass is 10.3. The van der Waals surface area contributed by atoms with Gasteiger partial charge in [0, 0.05) is 4.90 Å². The number of anilines is 1. The predicted molar refractivity (Wildman–Crippen MR) is 86.3 cm³/mol. The monoisotopic (exact) mass is 307 g/mol. The summed E-state index contributed by atoms with van der Waals surface area (Å²) in [7, 11) is 0. The first kappa shape index (κ1) is 15.1. The molecule has 2 rings (SSSR count). The van der Waals surface area contributed by atoms with Gasteiger partial charge < -0.3 is 9.73 Å². The van der Waals surface area contributed by atoms with Crippen LogP contribution in [0.15, 0.2) is 52.0 Å². The first-order valence-electron chi connectivity index (χ1n) is 6.28. The van der Waals surface area contributed by atoms with Crippen molar-refractivity contribution in [3.8, 4) is 0 Å². The second-order valence-corrected chi connectivity index (χ2v) is 6.40. The Bertz CT molecular complexity index is 555. The van der Waals surface area contributed by atoms with Crippen LogP contribution in [0.1, 0.15) is 12.7 Å². The number of thioether (sulfide) groups is 2. The Kier molecular flexibility index (Phi) is 5.61. The molecular formula is C15H17NO2S2. The third-order valence-electron chi connectivity index (χ3n) is 2.79. The van der Waals surface area contributed by atoms with Gasteiger partial charge in [-0.3, -0.25) is 4.79 Å². The van der Waals surface area contributed by atoms with Gasteiger partial charge in [0.25, 0.3) is 0 Å². The summed E-state index contributed by atoms with van der Waals surface area (Å²) in [4.78, 5) is 13.2. The van der Waals surface area contributed by atoms with Crippen LogP contribution in [-0.2, 0) is 10.5 Å². The molecule has 3 nitrogen and oxygen atoms in total. The number of benzene rings is 1. The molecule has 0 fully saturated rings. The zero-order valence-electron chi connectivity index (χ0n) is 11.5. The first-order valence-corrected chi connectivity index (χ1v) is 8.56. The van der Waals surface area contributed by atoms with Crippen LogP contribution >= 0.6 is 23.5 Å².